The van der Waals surface area contributed by atoms with Gasteiger partial charge in [-0.2, -0.15) is 22.7 Å². The van der Waals surface area contributed by atoms with Gasteiger partial charge in [0.1, 0.15) is 5.82 Å². The lowest BCUT2D eigenvalue weighted by molar-refractivity contribution is 0.0794. The lowest BCUT2D eigenvalue weighted by atomic mass is 9.89. The number of rotatable bonds is 4. The van der Waals surface area contributed by atoms with Crippen molar-refractivity contribution in [1.29, 1.82) is 0 Å². The summed E-state index contributed by atoms with van der Waals surface area (Å²) in [5, 5.41) is 8.22. The van der Waals surface area contributed by atoms with E-state index in [2.05, 4.69) is 27.9 Å². The average Bonchev–Trinajstić information content (AvgIpc) is 3.56. The number of thiophene rings is 2. The topological polar surface area (TPSA) is 23.6 Å². The highest BCUT2D eigenvalue weighted by Crippen LogP contribution is 2.36. The van der Waals surface area contributed by atoms with Crippen LogP contribution in [0, 0.1) is 5.82 Å². The normalized spacial score (nSPS) is 21.2. The molecule has 2 fully saturated rings. The number of carbonyl (C=O) groups is 1. The van der Waals surface area contributed by atoms with Crippen molar-refractivity contribution in [3.63, 3.8) is 0 Å². The number of nitrogens with zero attached hydrogens (tertiary/aromatic N) is 2. The van der Waals surface area contributed by atoms with Crippen LogP contribution in [0.3, 0.4) is 0 Å². The number of amides is 1. The van der Waals surface area contributed by atoms with Crippen LogP contribution in [0.5, 0.6) is 0 Å². The van der Waals surface area contributed by atoms with Gasteiger partial charge in [-0.1, -0.05) is 12.1 Å². The third-order valence-electron chi connectivity index (χ3n) is 6.44. The fraction of sp³-hybridized carbons (Fsp3) is 0.320. The zero-order chi connectivity index (χ0) is 21.2. The van der Waals surface area contributed by atoms with E-state index in [0.717, 1.165) is 38.0 Å². The number of piperidine rings is 1. The Morgan fingerprint density at radius 3 is 2.39 bits per heavy atom. The van der Waals surface area contributed by atoms with Gasteiger partial charge in [0.05, 0.1) is 5.56 Å². The van der Waals surface area contributed by atoms with Gasteiger partial charge in [0.2, 0.25) is 0 Å². The number of hydrogen-bond acceptors (Lipinski definition) is 4. The lowest BCUT2D eigenvalue weighted by Crippen LogP contribution is -2.30. The Morgan fingerprint density at radius 2 is 1.71 bits per heavy atom. The van der Waals surface area contributed by atoms with Gasteiger partial charge >= 0.3 is 0 Å². The Hall–Kier alpha value is -2.44. The molecule has 3 aromatic rings. The fourth-order valence-electron chi connectivity index (χ4n) is 4.71. The van der Waals surface area contributed by atoms with Crippen LogP contribution >= 0.6 is 22.7 Å². The summed E-state index contributed by atoms with van der Waals surface area (Å²) in [4.78, 5) is 17.4. The second-order valence-corrected chi connectivity index (χ2v) is 9.93. The molecule has 4 heterocycles. The third kappa shape index (κ3) is 4.46. The van der Waals surface area contributed by atoms with Crippen molar-refractivity contribution in [2.75, 3.05) is 26.2 Å². The van der Waals surface area contributed by atoms with Crippen molar-refractivity contribution >= 4 is 28.6 Å². The molecule has 0 aliphatic carbocycles. The lowest BCUT2D eigenvalue weighted by Gasteiger charge is -2.32. The fourth-order valence-corrected chi connectivity index (χ4v) is 6.06. The van der Waals surface area contributed by atoms with Gasteiger partial charge in [-0.3, -0.25) is 4.79 Å². The third-order valence-corrected chi connectivity index (χ3v) is 7.83. The van der Waals surface area contributed by atoms with E-state index >= 15 is 0 Å². The Labute approximate surface area is 190 Å². The Morgan fingerprint density at radius 1 is 0.968 bits per heavy atom. The molecule has 1 amide bonds. The standard InChI is InChI=1S/C25H25FN2OS2/c26-23-3-1-18(2-4-23)19-5-9-27(10-6-19)13-22-14-28(25(29)21-8-12-31-17-21)15-24(22)20-7-11-30-16-20/h1-4,7-8,11-13,16-17,19,24H,5-6,9-10,14-15H2/b22-13+. The van der Waals surface area contributed by atoms with Crippen molar-refractivity contribution in [2.24, 2.45) is 0 Å². The van der Waals surface area contributed by atoms with E-state index in [1.807, 2.05) is 33.9 Å². The number of carbonyl (C=O) groups excluding carboxylic acids is 1. The number of halogens is 1. The van der Waals surface area contributed by atoms with Crippen molar-refractivity contribution in [3.8, 4) is 0 Å². The summed E-state index contributed by atoms with van der Waals surface area (Å²) >= 11 is 3.28. The molecule has 1 atom stereocenters. The summed E-state index contributed by atoms with van der Waals surface area (Å²) in [6.45, 7) is 3.40. The van der Waals surface area contributed by atoms with Crippen LogP contribution in [-0.2, 0) is 0 Å². The van der Waals surface area contributed by atoms with Crippen LogP contribution < -0.4 is 0 Å². The van der Waals surface area contributed by atoms with E-state index in [-0.39, 0.29) is 17.6 Å². The van der Waals surface area contributed by atoms with Crippen LogP contribution in [0.1, 0.15) is 46.2 Å². The summed E-state index contributed by atoms with van der Waals surface area (Å²) in [5.41, 5.74) is 4.65. The van der Waals surface area contributed by atoms with E-state index in [0.29, 0.717) is 12.5 Å². The molecule has 0 radical (unpaired) electrons. The van der Waals surface area contributed by atoms with E-state index in [9.17, 15) is 9.18 Å². The van der Waals surface area contributed by atoms with E-state index < -0.39 is 0 Å². The minimum absolute atomic E-state index is 0.125. The molecule has 5 rings (SSSR count). The highest BCUT2D eigenvalue weighted by atomic mass is 32.1. The predicted molar refractivity (Wildman–Crippen MR) is 125 cm³/mol. The first-order valence-electron chi connectivity index (χ1n) is 10.7. The molecule has 2 aliphatic heterocycles. The zero-order valence-electron chi connectivity index (χ0n) is 17.2. The van der Waals surface area contributed by atoms with Gasteiger partial charge in [0.15, 0.2) is 0 Å². The quantitative estimate of drug-likeness (QED) is 0.488. The Balaban J connectivity index is 1.30. The summed E-state index contributed by atoms with van der Waals surface area (Å²) in [5.74, 6) is 0.708. The van der Waals surface area contributed by atoms with Crippen molar-refractivity contribution in [3.05, 3.63) is 92.2 Å². The number of benzene rings is 1. The smallest absolute Gasteiger partial charge is 0.255 e. The van der Waals surface area contributed by atoms with Crippen LogP contribution in [0.25, 0.3) is 0 Å². The molecular weight excluding hydrogens is 427 g/mol. The maximum absolute atomic E-state index is 13.2. The first kappa shape index (κ1) is 20.5. The average molecular weight is 453 g/mol. The predicted octanol–water partition coefficient (Wildman–Crippen LogP) is 5.95. The highest BCUT2D eigenvalue weighted by molar-refractivity contribution is 7.08. The van der Waals surface area contributed by atoms with Crippen LogP contribution in [0.15, 0.2) is 69.7 Å². The minimum atomic E-state index is -0.173. The molecule has 3 nitrogen and oxygen atoms in total. The maximum Gasteiger partial charge on any atom is 0.255 e. The first-order valence-corrected chi connectivity index (χ1v) is 12.6. The summed E-state index contributed by atoms with van der Waals surface area (Å²) < 4.78 is 13.2. The summed E-state index contributed by atoms with van der Waals surface area (Å²) in [6, 6.07) is 11.1. The minimum Gasteiger partial charge on any atom is -0.377 e. The van der Waals surface area contributed by atoms with E-state index in [1.54, 1.807) is 34.8 Å². The number of likely N-dealkylation sites (tertiary alicyclic amines) is 2. The monoisotopic (exact) mass is 452 g/mol. The molecule has 1 aromatic carbocycles. The van der Waals surface area contributed by atoms with Crippen molar-refractivity contribution in [2.45, 2.75) is 24.7 Å². The summed E-state index contributed by atoms with van der Waals surface area (Å²) in [6.07, 6.45) is 4.44. The van der Waals surface area contributed by atoms with Crippen LogP contribution in [0.2, 0.25) is 0 Å². The van der Waals surface area contributed by atoms with Gasteiger partial charge in [0.25, 0.3) is 5.91 Å². The van der Waals surface area contributed by atoms with Crippen molar-refractivity contribution < 1.29 is 9.18 Å². The molecular formula is C25H25FN2OS2. The maximum atomic E-state index is 13.2. The second kappa shape index (κ2) is 8.97. The van der Waals surface area contributed by atoms with Crippen LogP contribution in [0.4, 0.5) is 4.39 Å². The van der Waals surface area contributed by atoms with Crippen molar-refractivity contribution in [1.82, 2.24) is 9.80 Å². The highest BCUT2D eigenvalue weighted by Gasteiger charge is 2.33. The molecule has 0 N–H and O–H groups in total. The SMILES string of the molecule is O=C(c1ccsc1)N1C/C(=C\N2CCC(c3ccc(F)cc3)CC2)C(c2ccsc2)C1. The van der Waals surface area contributed by atoms with Crippen LogP contribution in [-0.4, -0.2) is 41.9 Å². The van der Waals surface area contributed by atoms with Gasteiger partial charge in [-0.25, -0.2) is 4.39 Å². The second-order valence-electron chi connectivity index (χ2n) is 8.37. The Kier molecular flexibility index (Phi) is 5.92. The molecule has 2 aromatic heterocycles. The van der Waals surface area contributed by atoms with E-state index in [4.69, 9.17) is 0 Å². The van der Waals surface area contributed by atoms with Gasteiger partial charge in [-0.05, 0) is 75.9 Å². The molecule has 2 aliphatic rings. The summed E-state index contributed by atoms with van der Waals surface area (Å²) in [7, 11) is 0. The molecule has 6 heteroatoms. The molecule has 1 unspecified atom stereocenters. The van der Waals surface area contributed by atoms with Gasteiger partial charge < -0.3 is 9.80 Å². The molecule has 31 heavy (non-hydrogen) atoms. The molecule has 0 saturated carbocycles. The van der Waals surface area contributed by atoms with Gasteiger partial charge in [0, 0.05) is 43.7 Å². The zero-order valence-corrected chi connectivity index (χ0v) is 18.9. The molecule has 0 bridgehead atoms. The van der Waals surface area contributed by atoms with Gasteiger partial charge in [-0.15, -0.1) is 0 Å². The molecule has 160 valence electrons. The first-order chi connectivity index (χ1) is 15.2. The van der Waals surface area contributed by atoms with E-state index in [1.165, 1.54) is 16.7 Å². The number of hydrogen-bond donors (Lipinski definition) is 0. The largest absolute Gasteiger partial charge is 0.377 e. The Bertz CT molecular complexity index is 1040. The molecule has 2 saturated heterocycles. The molecule has 0 spiro atoms.